The Labute approximate surface area is 136 Å². The Morgan fingerprint density at radius 3 is 1.27 bits per heavy atom. The van der Waals surface area contributed by atoms with E-state index in [0.717, 1.165) is 26.9 Å². The zero-order chi connectivity index (χ0) is 19.0. The van der Waals surface area contributed by atoms with Crippen LogP contribution in [0.1, 0.15) is 5.56 Å². The third kappa shape index (κ3) is 73.5. The minimum absolute atomic E-state index is 0.140. The fourth-order valence-corrected chi connectivity index (χ4v) is 0.583. The van der Waals surface area contributed by atoms with Crippen molar-refractivity contribution < 1.29 is 58.4 Å². The van der Waals surface area contributed by atoms with Gasteiger partial charge >= 0.3 is 33.2 Å². The van der Waals surface area contributed by atoms with Gasteiger partial charge in [0.15, 0.2) is 0 Å². The van der Waals surface area contributed by atoms with E-state index in [1.54, 1.807) is 0 Å². The first-order chi connectivity index (χ1) is 10.3. The van der Waals surface area contributed by atoms with Crippen molar-refractivity contribution in [2.75, 3.05) is 28.4 Å². The number of benzene rings is 1. The molecule has 0 aliphatic carbocycles. The molecule has 0 aliphatic heterocycles. The van der Waals surface area contributed by atoms with Gasteiger partial charge in [0.1, 0.15) is 0 Å². The van der Waals surface area contributed by atoms with Crippen molar-refractivity contribution in [1.29, 1.82) is 0 Å². The van der Waals surface area contributed by atoms with Gasteiger partial charge in [-0.15, -0.1) is 0 Å². The topological polar surface area (TPSA) is 90.2 Å². The number of rotatable bonds is 1. The van der Waals surface area contributed by atoms with Crippen LogP contribution in [-0.4, -0.2) is 48.9 Å². The third-order valence-corrected chi connectivity index (χ3v) is 1.03. The van der Waals surface area contributed by atoms with Crippen LogP contribution >= 0.6 is 0 Å². The number of hydrogen-bond donors (Lipinski definition) is 4. The van der Waals surface area contributed by atoms with Crippen LogP contribution in [0.3, 0.4) is 0 Å². The molecule has 0 atom stereocenters. The van der Waals surface area contributed by atoms with Crippen molar-refractivity contribution in [3.63, 3.8) is 0 Å². The van der Waals surface area contributed by atoms with Crippen LogP contribution < -0.4 is 0 Å². The van der Waals surface area contributed by atoms with E-state index in [-0.39, 0.29) is 6.61 Å². The van der Waals surface area contributed by atoms with Crippen molar-refractivity contribution in [1.82, 2.24) is 0 Å². The zero-order valence-electron chi connectivity index (χ0n) is 13.0. The molecule has 1 aromatic rings. The summed E-state index contributed by atoms with van der Waals surface area (Å²) in [7, 11) is 7.50. The van der Waals surface area contributed by atoms with E-state index >= 15 is 0 Å². The van der Waals surface area contributed by atoms with Crippen molar-refractivity contribution in [3.05, 3.63) is 43.0 Å². The summed E-state index contributed by atoms with van der Waals surface area (Å²) in [5.41, 5.74) is 0.965. The molecule has 0 saturated heterocycles. The molecule has 0 radical (unpaired) electrons. The third-order valence-electron chi connectivity index (χ3n) is 1.03. The Bertz CT molecular complexity index is 245. The summed E-state index contributed by atoms with van der Waals surface area (Å²) in [6.07, 6.45) is 0. The van der Waals surface area contributed by atoms with E-state index in [9.17, 15) is 10.5 Å². The second kappa shape index (κ2) is 32.5. The Morgan fingerprint density at radius 1 is 0.909 bits per heavy atom. The first-order valence-corrected chi connectivity index (χ1v) is 9.09. The molecular weight excluding hydrogens is 391 g/mol. The first kappa shape index (κ1) is 33.3. The molecule has 0 amide bonds. The second-order valence-electron chi connectivity index (χ2n) is 2.36. The predicted octanol–water partition coefficient (Wildman–Crippen LogP) is 2.11. The number of ether oxygens (including phenoxy) is 1. The zero-order valence-corrected chi connectivity index (χ0v) is 15.5. The number of halogens is 4. The van der Waals surface area contributed by atoms with E-state index in [0.29, 0.717) is 0 Å². The van der Waals surface area contributed by atoms with Gasteiger partial charge in [-0.25, -0.2) is 7.11 Å². The van der Waals surface area contributed by atoms with Crippen LogP contribution in [0.25, 0.3) is 0 Å². The first-order valence-electron chi connectivity index (χ1n) is 5.37. The van der Waals surface area contributed by atoms with E-state index in [4.69, 9.17) is 20.4 Å². The molecule has 0 heterocycles. The molecule has 0 aromatic heterocycles. The molecule has 4 N–H and O–H groups in total. The van der Waals surface area contributed by atoms with Crippen LogP contribution in [0, 0.1) is 7.11 Å². The van der Waals surface area contributed by atoms with E-state index in [1.807, 2.05) is 30.3 Å². The maximum absolute atomic E-state index is 9.90. The van der Waals surface area contributed by atoms with Gasteiger partial charge in [-0.3, -0.25) is 0 Å². The molecule has 1 rings (SSSR count). The molecule has 0 saturated carbocycles. The fraction of sp³-hybridized carbons (Fsp3) is 0.417. The molecule has 10 heteroatoms. The molecule has 0 fully saturated rings. The normalized spacial score (nSPS) is 7.68. The van der Waals surface area contributed by atoms with Gasteiger partial charge in [-0.2, -0.15) is 0 Å². The van der Waals surface area contributed by atoms with Gasteiger partial charge in [0.05, 0.1) is 6.61 Å². The quantitative estimate of drug-likeness (QED) is 0.416. The Morgan fingerprint density at radius 2 is 1.14 bits per heavy atom. The van der Waals surface area contributed by atoms with Gasteiger partial charge in [-0.05, 0) is 12.7 Å². The number of aliphatic hydroxyl groups is 4. The maximum atomic E-state index is 9.90. The van der Waals surface area contributed by atoms with Gasteiger partial charge < -0.3 is 25.2 Å². The average Bonchev–Trinajstić information content (AvgIpc) is 2.53. The number of hydrogen-bond acceptors (Lipinski definition) is 5. The molecule has 0 spiro atoms. The van der Waals surface area contributed by atoms with E-state index in [2.05, 4.69) is 11.8 Å². The van der Waals surface area contributed by atoms with Crippen LogP contribution in [0.15, 0.2) is 30.3 Å². The fourth-order valence-electron chi connectivity index (χ4n) is 0.583. The van der Waals surface area contributed by atoms with Crippen LogP contribution in [0.5, 0.6) is 0 Å². The monoisotopic (exact) mass is 415 g/mol. The second-order valence-corrected chi connectivity index (χ2v) is 4.47. The summed E-state index contributed by atoms with van der Waals surface area (Å²) in [5, 5.41) is 29.5. The summed E-state index contributed by atoms with van der Waals surface area (Å²) in [5.74, 6) is 0. The number of aliphatic hydroxyl groups excluding tert-OH is 4. The van der Waals surface area contributed by atoms with Crippen molar-refractivity contribution in [2.24, 2.45) is 0 Å². The summed E-state index contributed by atoms with van der Waals surface area (Å²) >= 11 is -7.18. The molecule has 1 aromatic carbocycles. The van der Waals surface area contributed by atoms with Crippen molar-refractivity contribution >= 4 is 0 Å². The van der Waals surface area contributed by atoms with Crippen LogP contribution in [0.4, 0.5) is 10.5 Å². The van der Waals surface area contributed by atoms with Crippen LogP contribution in [-0.2, 0) is 34.0 Å². The molecular formula is C12H25F4O5Zr-. The molecule has 0 aliphatic rings. The van der Waals surface area contributed by atoms with E-state index in [1.165, 1.54) is 7.11 Å². The average molecular weight is 417 g/mol. The molecule has 0 bridgehead atoms. The summed E-state index contributed by atoms with van der Waals surface area (Å²) in [4.78, 5) is 0. The van der Waals surface area contributed by atoms with Crippen LogP contribution in [0.2, 0.25) is 0 Å². The van der Waals surface area contributed by atoms with Gasteiger partial charge in [0.25, 0.3) is 0 Å². The summed E-state index contributed by atoms with van der Waals surface area (Å²) < 4.78 is 43.6. The molecule has 5 nitrogen and oxygen atoms in total. The van der Waals surface area contributed by atoms with Crippen molar-refractivity contribution in [2.45, 2.75) is 6.61 Å². The molecule has 136 valence electrons. The van der Waals surface area contributed by atoms with E-state index < -0.39 is 22.7 Å². The van der Waals surface area contributed by atoms with Gasteiger partial charge in [0.2, 0.25) is 0 Å². The van der Waals surface area contributed by atoms with Gasteiger partial charge in [0, 0.05) is 21.3 Å². The SMILES string of the molecule is CO.CO.CO.OCc1ccccc1.[CH2-]OC.[F][Zr]([F])([F])[F]. The van der Waals surface area contributed by atoms with Gasteiger partial charge in [-0.1, -0.05) is 30.3 Å². The molecule has 0 unspecified atom stereocenters. The minimum atomic E-state index is -7.18. The Balaban J connectivity index is -0.0000000602. The summed E-state index contributed by atoms with van der Waals surface area (Å²) in [6, 6.07) is 9.52. The summed E-state index contributed by atoms with van der Waals surface area (Å²) in [6.45, 7) is 0.140. The molecule has 22 heavy (non-hydrogen) atoms. The van der Waals surface area contributed by atoms with Crippen molar-refractivity contribution in [3.8, 4) is 0 Å². The Hall–Kier alpha value is -0.377. The number of methoxy groups -OCH3 is 1. The standard InChI is InChI=1S/C7H8O.C2H5O.3CH4O.4FH.Zr/c8-6-7-4-2-1-3-5-7;1-3-2;3*1-2;;;;;/h1-5,8H,6H2;1H2,2H3;3*2H,1H3;4*1H;/q;-1;;;;;;;;+4/p-4. The predicted molar refractivity (Wildman–Crippen MR) is 73.6 cm³/mol. The Kier molecular flexibility index (Phi) is 49.2.